The average Bonchev–Trinajstić information content (AvgIpc) is 3.57. The molecule has 6 aromatic carbocycles. The van der Waals surface area contributed by atoms with Gasteiger partial charge in [0.05, 0.1) is 38.9 Å². The van der Waals surface area contributed by atoms with E-state index in [2.05, 4.69) is 124 Å². The number of nitrogens with zero attached hydrogens (tertiary/aromatic N) is 4. The van der Waals surface area contributed by atoms with Gasteiger partial charge in [-0.2, -0.15) is 10.5 Å². The number of hydrogen-bond acceptors (Lipinski definition) is 2. The van der Waals surface area contributed by atoms with E-state index in [0.717, 1.165) is 44.1 Å². The fraction of sp³-hybridized carbons (Fsp3) is 0. The zero-order valence-electron chi connectivity index (χ0n) is 22.5. The maximum absolute atomic E-state index is 10.1. The highest BCUT2D eigenvalue weighted by Crippen LogP contribution is 2.41. The summed E-state index contributed by atoms with van der Waals surface area (Å²) < 4.78 is 4.46. The van der Waals surface area contributed by atoms with Crippen molar-refractivity contribution >= 4 is 43.6 Å². The van der Waals surface area contributed by atoms with Crippen LogP contribution in [0, 0.1) is 22.7 Å². The molecule has 0 amide bonds. The van der Waals surface area contributed by atoms with Crippen molar-refractivity contribution in [2.75, 3.05) is 0 Å². The summed E-state index contributed by atoms with van der Waals surface area (Å²) in [6, 6.07) is 50.3. The van der Waals surface area contributed by atoms with Crippen LogP contribution in [0.4, 0.5) is 0 Å². The lowest BCUT2D eigenvalue weighted by Crippen LogP contribution is -1.99. The number of hydrogen-bond donors (Lipinski definition) is 0. The Morgan fingerprint density at radius 3 is 1.93 bits per heavy atom. The van der Waals surface area contributed by atoms with E-state index in [9.17, 15) is 10.5 Å². The number of nitriles is 2. The van der Waals surface area contributed by atoms with Gasteiger partial charge in [-0.15, -0.1) is 0 Å². The van der Waals surface area contributed by atoms with Gasteiger partial charge >= 0.3 is 0 Å². The number of fused-ring (bicyclic) bond motifs is 6. The lowest BCUT2D eigenvalue weighted by Gasteiger charge is -2.12. The number of benzene rings is 6. The van der Waals surface area contributed by atoms with E-state index in [1.807, 2.05) is 24.3 Å². The second kappa shape index (κ2) is 9.24. The Hall–Kier alpha value is -6.10. The van der Waals surface area contributed by atoms with Crippen molar-refractivity contribution in [1.82, 2.24) is 9.13 Å². The van der Waals surface area contributed by atoms with Gasteiger partial charge in [-0.3, -0.25) is 0 Å². The molecule has 0 aliphatic carbocycles. The molecule has 0 saturated heterocycles. The maximum atomic E-state index is 10.1. The summed E-state index contributed by atoms with van der Waals surface area (Å²) in [7, 11) is 0. The molecule has 0 aliphatic heterocycles. The number of rotatable bonds is 3. The minimum Gasteiger partial charge on any atom is -0.309 e. The van der Waals surface area contributed by atoms with Gasteiger partial charge in [-0.05, 0) is 59.7 Å². The second-order valence-corrected chi connectivity index (χ2v) is 10.4. The lowest BCUT2D eigenvalue weighted by atomic mass is 9.98. The van der Waals surface area contributed by atoms with Crippen LogP contribution >= 0.6 is 0 Å². The fourth-order valence-corrected chi connectivity index (χ4v) is 6.45. The van der Waals surface area contributed by atoms with Crippen LogP contribution in [0.1, 0.15) is 11.1 Å². The van der Waals surface area contributed by atoms with Gasteiger partial charge in [0.25, 0.3) is 0 Å². The maximum Gasteiger partial charge on any atom is 0.103 e. The average molecular weight is 535 g/mol. The van der Waals surface area contributed by atoms with Crippen LogP contribution in [-0.4, -0.2) is 9.13 Å². The highest BCUT2D eigenvalue weighted by molar-refractivity contribution is 6.17. The molecule has 0 radical (unpaired) electrons. The standard InChI is InChI=1S/C38H22N4/c39-23-26-10-8-18-35(32(26)24-40)42-34-17-7-5-14-31(34)38-28(15-9-19-36(38)42)25-20-21-30-29-13-4-6-16-33(29)41(37(30)22-25)27-11-2-1-3-12-27/h1-22H. The zero-order chi connectivity index (χ0) is 28.2. The molecule has 0 fully saturated rings. The monoisotopic (exact) mass is 534 g/mol. The summed E-state index contributed by atoms with van der Waals surface area (Å²) in [5.41, 5.74) is 9.11. The van der Waals surface area contributed by atoms with Gasteiger partial charge in [0.15, 0.2) is 0 Å². The van der Waals surface area contributed by atoms with Crippen molar-refractivity contribution in [3.63, 3.8) is 0 Å². The van der Waals surface area contributed by atoms with Gasteiger partial charge in [0, 0.05) is 27.2 Å². The molecule has 194 valence electrons. The fourth-order valence-electron chi connectivity index (χ4n) is 6.45. The lowest BCUT2D eigenvalue weighted by molar-refractivity contribution is 1.16. The van der Waals surface area contributed by atoms with E-state index in [1.54, 1.807) is 6.07 Å². The Labute approximate surface area is 242 Å². The van der Waals surface area contributed by atoms with E-state index in [0.29, 0.717) is 16.8 Å². The molecule has 0 aliphatic rings. The van der Waals surface area contributed by atoms with E-state index in [1.165, 1.54) is 16.3 Å². The van der Waals surface area contributed by atoms with E-state index in [-0.39, 0.29) is 0 Å². The van der Waals surface area contributed by atoms with Crippen LogP contribution in [-0.2, 0) is 0 Å². The van der Waals surface area contributed by atoms with E-state index >= 15 is 0 Å². The molecule has 4 nitrogen and oxygen atoms in total. The first kappa shape index (κ1) is 23.8. The Bertz CT molecular complexity index is 2430. The van der Waals surface area contributed by atoms with Crippen molar-refractivity contribution in [3.05, 3.63) is 145 Å². The summed E-state index contributed by atoms with van der Waals surface area (Å²) >= 11 is 0. The Morgan fingerprint density at radius 2 is 1.14 bits per heavy atom. The molecular weight excluding hydrogens is 512 g/mol. The second-order valence-electron chi connectivity index (χ2n) is 10.4. The molecule has 2 heterocycles. The minimum atomic E-state index is 0.372. The van der Waals surface area contributed by atoms with Crippen molar-refractivity contribution in [2.45, 2.75) is 0 Å². The highest BCUT2D eigenvalue weighted by atomic mass is 15.0. The first-order chi connectivity index (χ1) is 20.8. The molecule has 4 heteroatoms. The van der Waals surface area contributed by atoms with Crippen molar-refractivity contribution in [3.8, 4) is 34.6 Å². The molecule has 0 atom stereocenters. The third-order valence-corrected chi connectivity index (χ3v) is 8.21. The third-order valence-electron chi connectivity index (χ3n) is 8.21. The zero-order valence-corrected chi connectivity index (χ0v) is 22.5. The molecule has 2 aromatic heterocycles. The van der Waals surface area contributed by atoms with Gasteiger partial charge in [-0.25, -0.2) is 0 Å². The predicted octanol–water partition coefficient (Wildman–Crippen LogP) is 9.29. The largest absolute Gasteiger partial charge is 0.309 e. The molecule has 0 saturated carbocycles. The van der Waals surface area contributed by atoms with Gasteiger partial charge < -0.3 is 9.13 Å². The molecule has 8 aromatic rings. The molecule has 0 spiro atoms. The topological polar surface area (TPSA) is 57.4 Å². The Balaban J connectivity index is 1.46. The Kier molecular flexibility index (Phi) is 5.22. The minimum absolute atomic E-state index is 0.372. The predicted molar refractivity (Wildman–Crippen MR) is 170 cm³/mol. The summed E-state index contributed by atoms with van der Waals surface area (Å²) in [5, 5.41) is 24.4. The van der Waals surface area contributed by atoms with Gasteiger partial charge in [-0.1, -0.05) is 84.9 Å². The molecule has 0 N–H and O–H groups in total. The third kappa shape index (κ3) is 3.33. The van der Waals surface area contributed by atoms with Crippen molar-refractivity contribution in [2.24, 2.45) is 0 Å². The quantitative estimate of drug-likeness (QED) is 0.227. The van der Waals surface area contributed by atoms with Crippen LogP contribution in [0.3, 0.4) is 0 Å². The summed E-state index contributed by atoms with van der Waals surface area (Å²) in [6.45, 7) is 0. The van der Waals surface area contributed by atoms with Crippen molar-refractivity contribution < 1.29 is 0 Å². The smallest absolute Gasteiger partial charge is 0.103 e. The molecule has 0 unspecified atom stereocenters. The molecule has 0 bridgehead atoms. The van der Waals surface area contributed by atoms with Crippen LogP contribution in [0.25, 0.3) is 66.1 Å². The summed E-state index contributed by atoms with van der Waals surface area (Å²) in [5.74, 6) is 0. The molecule has 8 rings (SSSR count). The summed E-state index contributed by atoms with van der Waals surface area (Å²) in [6.07, 6.45) is 0. The van der Waals surface area contributed by atoms with Crippen LogP contribution in [0.2, 0.25) is 0 Å². The number of para-hydroxylation sites is 3. The van der Waals surface area contributed by atoms with Crippen LogP contribution in [0.15, 0.2) is 133 Å². The number of aromatic nitrogens is 2. The van der Waals surface area contributed by atoms with Gasteiger partial charge in [0.1, 0.15) is 12.1 Å². The molecule has 42 heavy (non-hydrogen) atoms. The first-order valence-corrected chi connectivity index (χ1v) is 13.8. The van der Waals surface area contributed by atoms with Gasteiger partial charge in [0.2, 0.25) is 0 Å². The van der Waals surface area contributed by atoms with Crippen molar-refractivity contribution in [1.29, 1.82) is 10.5 Å². The normalized spacial score (nSPS) is 11.3. The Morgan fingerprint density at radius 1 is 0.476 bits per heavy atom. The van der Waals surface area contributed by atoms with Crippen LogP contribution in [0.5, 0.6) is 0 Å². The molecular formula is C38H22N4. The van der Waals surface area contributed by atoms with Crippen LogP contribution < -0.4 is 0 Å². The SMILES string of the molecule is N#Cc1cccc(-n2c3ccccc3c3c(-c4ccc5c6ccccc6n(-c6ccccc6)c5c4)cccc32)c1C#N. The van der Waals surface area contributed by atoms with E-state index < -0.39 is 0 Å². The van der Waals surface area contributed by atoms with E-state index in [4.69, 9.17) is 0 Å². The first-order valence-electron chi connectivity index (χ1n) is 13.8. The highest BCUT2D eigenvalue weighted by Gasteiger charge is 2.20. The summed E-state index contributed by atoms with van der Waals surface area (Å²) in [4.78, 5) is 0.